The monoisotopic (exact) mass is 356 g/mol. The molecule has 0 aliphatic heterocycles. The van der Waals surface area contributed by atoms with E-state index in [0.717, 1.165) is 11.0 Å². The molecule has 0 saturated heterocycles. The highest BCUT2D eigenvalue weighted by Gasteiger charge is 2.13. The molecular weight excluding hydrogens is 340 g/mol. The Morgan fingerprint density at radius 3 is 2.33 bits per heavy atom. The quantitative estimate of drug-likeness (QED) is 0.466. The Morgan fingerprint density at radius 1 is 0.778 bits per heavy atom. The lowest BCUT2D eigenvalue weighted by molar-refractivity contribution is 0.415. The van der Waals surface area contributed by atoms with Gasteiger partial charge in [0, 0.05) is 40.2 Å². The first kappa shape index (κ1) is 15.6. The van der Waals surface area contributed by atoms with E-state index in [1.165, 1.54) is 0 Å². The molecule has 1 N–H and O–H groups in total. The van der Waals surface area contributed by atoms with Gasteiger partial charge in [-0.2, -0.15) is 0 Å². The summed E-state index contributed by atoms with van der Waals surface area (Å²) in [5.41, 5.74) is 2.81. The van der Waals surface area contributed by atoms with Gasteiger partial charge in [0.1, 0.15) is 5.75 Å². The molecule has 2 heterocycles. The number of ether oxygens (including phenoxy) is 1. The number of rotatable bonds is 1. The third-order valence-electron chi connectivity index (χ3n) is 5.24. The van der Waals surface area contributed by atoms with Crippen molar-refractivity contribution in [2.24, 2.45) is 7.05 Å². The summed E-state index contributed by atoms with van der Waals surface area (Å²) in [5, 5.41) is 2.40. The fourth-order valence-electron chi connectivity index (χ4n) is 3.80. The van der Waals surface area contributed by atoms with Crippen molar-refractivity contribution < 1.29 is 4.74 Å². The Morgan fingerprint density at radius 2 is 1.52 bits per heavy atom. The van der Waals surface area contributed by atoms with Crippen LogP contribution in [0.4, 0.5) is 0 Å². The summed E-state index contributed by atoms with van der Waals surface area (Å²) in [7, 11) is 3.49. The van der Waals surface area contributed by atoms with Gasteiger partial charge in [-0.1, -0.05) is 12.1 Å². The zero-order chi connectivity index (χ0) is 18.7. The predicted molar refractivity (Wildman–Crippen MR) is 109 cm³/mol. The summed E-state index contributed by atoms with van der Waals surface area (Å²) >= 11 is 0. The van der Waals surface area contributed by atoms with E-state index in [1.54, 1.807) is 31.4 Å². The van der Waals surface area contributed by atoms with Crippen LogP contribution in [0.2, 0.25) is 0 Å². The van der Waals surface area contributed by atoms with Crippen LogP contribution in [0, 0.1) is 0 Å². The number of aryl methyl sites for hydroxylation is 1. The molecule has 0 amide bonds. The number of aromatic amines is 1. The molecular formula is C22H16N2O3. The Bertz CT molecular complexity index is 1510. The van der Waals surface area contributed by atoms with Crippen molar-refractivity contribution in [3.05, 3.63) is 75.0 Å². The van der Waals surface area contributed by atoms with Crippen molar-refractivity contribution in [1.82, 2.24) is 9.55 Å². The lowest BCUT2D eigenvalue weighted by Crippen LogP contribution is -2.11. The number of nitrogens with zero attached hydrogens (tertiary/aromatic N) is 1. The van der Waals surface area contributed by atoms with Crippen LogP contribution in [-0.2, 0) is 7.05 Å². The molecule has 0 bridgehead atoms. The first-order valence-corrected chi connectivity index (χ1v) is 8.64. The number of para-hydroxylation sites is 1. The van der Waals surface area contributed by atoms with E-state index < -0.39 is 0 Å². The molecule has 5 nitrogen and oxygen atoms in total. The zero-order valence-electron chi connectivity index (χ0n) is 14.9. The van der Waals surface area contributed by atoms with Crippen LogP contribution >= 0.6 is 0 Å². The van der Waals surface area contributed by atoms with Gasteiger partial charge in [0.05, 0.1) is 23.7 Å². The van der Waals surface area contributed by atoms with E-state index in [9.17, 15) is 9.59 Å². The van der Waals surface area contributed by atoms with Gasteiger partial charge in [0.25, 0.3) is 0 Å². The Hall–Kier alpha value is -3.60. The highest BCUT2D eigenvalue weighted by atomic mass is 16.5. The molecule has 0 spiro atoms. The molecule has 2 aromatic heterocycles. The minimum Gasteiger partial charge on any atom is -0.497 e. The number of nitrogens with one attached hydrogen (secondary N) is 1. The average molecular weight is 356 g/mol. The highest BCUT2D eigenvalue weighted by Crippen LogP contribution is 2.25. The normalized spacial score (nSPS) is 11.6. The smallest absolute Gasteiger partial charge is 0.197 e. The van der Waals surface area contributed by atoms with Crippen molar-refractivity contribution >= 4 is 43.6 Å². The average Bonchev–Trinajstić information content (AvgIpc) is 2.71. The summed E-state index contributed by atoms with van der Waals surface area (Å²) < 4.78 is 7.23. The SMILES string of the molecule is COc1ccc2c(=O)c3cc4[nH]c5ccccc5c(=O)c4cc3n(C)c2c1. The largest absolute Gasteiger partial charge is 0.497 e. The highest BCUT2D eigenvalue weighted by molar-refractivity contribution is 6.03. The number of aromatic nitrogens is 2. The van der Waals surface area contributed by atoms with Crippen LogP contribution in [0.5, 0.6) is 5.75 Å². The lowest BCUT2D eigenvalue weighted by atomic mass is 10.0. The van der Waals surface area contributed by atoms with Crippen LogP contribution in [0.3, 0.4) is 0 Å². The molecule has 5 heteroatoms. The maximum Gasteiger partial charge on any atom is 0.197 e. The van der Waals surface area contributed by atoms with Gasteiger partial charge in [0.15, 0.2) is 10.9 Å². The summed E-state index contributed by atoms with van der Waals surface area (Å²) in [4.78, 5) is 29.3. The van der Waals surface area contributed by atoms with Gasteiger partial charge in [-0.25, -0.2) is 0 Å². The Kier molecular flexibility index (Phi) is 3.15. The van der Waals surface area contributed by atoms with Crippen molar-refractivity contribution in [3.63, 3.8) is 0 Å². The summed E-state index contributed by atoms with van der Waals surface area (Å²) in [6, 6.07) is 16.4. The maximum absolute atomic E-state index is 13.1. The fourth-order valence-corrected chi connectivity index (χ4v) is 3.80. The minimum atomic E-state index is -0.0586. The second kappa shape index (κ2) is 5.45. The number of hydrogen-bond acceptors (Lipinski definition) is 3. The van der Waals surface area contributed by atoms with Crippen molar-refractivity contribution in [1.29, 1.82) is 0 Å². The van der Waals surface area contributed by atoms with E-state index in [0.29, 0.717) is 38.3 Å². The molecule has 0 fully saturated rings. The number of benzene rings is 3. The lowest BCUT2D eigenvalue weighted by Gasteiger charge is -2.13. The second-order valence-corrected chi connectivity index (χ2v) is 6.69. The number of H-pyrrole nitrogens is 1. The molecule has 132 valence electrons. The standard InChI is InChI=1S/C22H16N2O3/c1-24-19-9-12(27-2)7-8-14(19)22(26)16-10-18-15(11-20(16)24)21(25)13-5-3-4-6-17(13)23-18/h3-11H,1-2H3,(H,23,25). The van der Waals surface area contributed by atoms with Gasteiger partial charge < -0.3 is 14.3 Å². The molecule has 0 atom stereocenters. The molecule has 5 rings (SSSR count). The van der Waals surface area contributed by atoms with E-state index in [2.05, 4.69) is 4.98 Å². The third kappa shape index (κ3) is 2.11. The summed E-state index contributed by atoms with van der Waals surface area (Å²) in [5.74, 6) is 0.682. The van der Waals surface area contributed by atoms with E-state index in [1.807, 2.05) is 41.9 Å². The van der Waals surface area contributed by atoms with Gasteiger partial charge in [-0.3, -0.25) is 9.59 Å². The molecule has 0 saturated carbocycles. The maximum atomic E-state index is 13.1. The molecule has 27 heavy (non-hydrogen) atoms. The Labute approximate surface area is 153 Å². The first-order chi connectivity index (χ1) is 13.1. The van der Waals surface area contributed by atoms with E-state index >= 15 is 0 Å². The van der Waals surface area contributed by atoms with Crippen LogP contribution < -0.4 is 15.6 Å². The zero-order valence-corrected chi connectivity index (χ0v) is 14.9. The minimum absolute atomic E-state index is 0.0422. The van der Waals surface area contributed by atoms with Gasteiger partial charge >= 0.3 is 0 Å². The molecule has 0 aliphatic rings. The fraction of sp³-hybridized carbons (Fsp3) is 0.0909. The number of hydrogen-bond donors (Lipinski definition) is 1. The first-order valence-electron chi connectivity index (χ1n) is 8.64. The summed E-state index contributed by atoms with van der Waals surface area (Å²) in [6.45, 7) is 0. The van der Waals surface area contributed by atoms with Gasteiger partial charge in [0.2, 0.25) is 0 Å². The molecule has 0 radical (unpaired) electrons. The van der Waals surface area contributed by atoms with E-state index in [4.69, 9.17) is 4.74 Å². The predicted octanol–water partition coefficient (Wildman–Crippen LogP) is 3.70. The van der Waals surface area contributed by atoms with Gasteiger partial charge in [-0.15, -0.1) is 0 Å². The molecule has 0 aliphatic carbocycles. The Balaban J connectivity index is 2.02. The number of pyridine rings is 2. The van der Waals surface area contributed by atoms with Crippen molar-refractivity contribution in [2.75, 3.05) is 7.11 Å². The number of fused-ring (bicyclic) bond motifs is 4. The van der Waals surface area contributed by atoms with E-state index in [-0.39, 0.29) is 10.9 Å². The topological polar surface area (TPSA) is 64.1 Å². The molecule has 3 aromatic carbocycles. The molecule has 5 aromatic rings. The van der Waals surface area contributed by atoms with Crippen molar-refractivity contribution in [3.8, 4) is 5.75 Å². The van der Waals surface area contributed by atoms with Crippen LogP contribution in [0.25, 0.3) is 43.6 Å². The second-order valence-electron chi connectivity index (χ2n) is 6.69. The molecule has 0 unspecified atom stereocenters. The van der Waals surface area contributed by atoms with Crippen LogP contribution in [0.15, 0.2) is 64.2 Å². The third-order valence-corrected chi connectivity index (χ3v) is 5.24. The van der Waals surface area contributed by atoms with Crippen molar-refractivity contribution in [2.45, 2.75) is 0 Å². The summed E-state index contributed by atoms with van der Waals surface area (Å²) in [6.07, 6.45) is 0. The van der Waals surface area contributed by atoms with Crippen LogP contribution in [0.1, 0.15) is 0 Å². The number of methoxy groups -OCH3 is 1. The van der Waals surface area contributed by atoms with Gasteiger partial charge in [-0.05, 0) is 36.4 Å². The van der Waals surface area contributed by atoms with Crippen LogP contribution in [-0.4, -0.2) is 16.7 Å².